The Hall–Kier alpha value is -4.23. The van der Waals surface area contributed by atoms with Crippen molar-refractivity contribution in [3.8, 4) is 28.2 Å². The van der Waals surface area contributed by atoms with Crippen molar-refractivity contribution in [2.24, 2.45) is 0 Å². The van der Waals surface area contributed by atoms with Gasteiger partial charge in [0, 0.05) is 29.8 Å². The van der Waals surface area contributed by atoms with Crippen LogP contribution in [0.4, 0.5) is 0 Å². The summed E-state index contributed by atoms with van der Waals surface area (Å²) in [7, 11) is 0. The molecule has 0 saturated carbocycles. The molecule has 4 rings (SSSR count). The third-order valence-corrected chi connectivity index (χ3v) is 7.09. The second-order valence-electron chi connectivity index (χ2n) is 12.4. The molecule has 0 radical (unpaired) electrons. The number of nitrogens with zero attached hydrogens (tertiary/aromatic N) is 2. The number of hydrogen-bond acceptors (Lipinski definition) is 4. The van der Waals surface area contributed by atoms with Gasteiger partial charge >= 0.3 is 5.97 Å². The van der Waals surface area contributed by atoms with Gasteiger partial charge in [-0.15, -0.1) is 0 Å². The fourth-order valence-corrected chi connectivity index (χ4v) is 4.49. The minimum absolute atomic E-state index is 0.0238. The van der Waals surface area contributed by atoms with Crippen molar-refractivity contribution >= 4 is 11.9 Å². The second kappa shape index (κ2) is 11.7. The molecule has 0 bridgehead atoms. The molecule has 0 spiro atoms. The van der Waals surface area contributed by atoms with E-state index < -0.39 is 5.97 Å². The van der Waals surface area contributed by atoms with Crippen LogP contribution in [0.3, 0.4) is 0 Å². The molecule has 0 aliphatic rings. The first-order valence-corrected chi connectivity index (χ1v) is 13.9. The monoisotopic (exact) mass is 553 g/mol. The summed E-state index contributed by atoms with van der Waals surface area (Å²) in [5, 5.41) is 26.1. The number of rotatable bonds is 8. The van der Waals surface area contributed by atoms with Crippen LogP contribution in [-0.4, -0.2) is 45.0 Å². The molecule has 3 aromatic carbocycles. The van der Waals surface area contributed by atoms with Gasteiger partial charge in [-0.3, -0.25) is 4.79 Å². The lowest BCUT2D eigenvalue weighted by atomic mass is 9.79. The van der Waals surface area contributed by atoms with Crippen LogP contribution in [0.2, 0.25) is 0 Å². The molecule has 0 aliphatic carbocycles. The van der Waals surface area contributed by atoms with Crippen LogP contribution >= 0.6 is 0 Å². The summed E-state index contributed by atoms with van der Waals surface area (Å²) < 4.78 is 1.88. The van der Waals surface area contributed by atoms with Crippen molar-refractivity contribution < 1.29 is 19.8 Å². The highest BCUT2D eigenvalue weighted by Crippen LogP contribution is 2.36. The average Bonchev–Trinajstić information content (AvgIpc) is 3.38. The largest absolute Gasteiger partial charge is 0.478 e. The Morgan fingerprint density at radius 2 is 1.34 bits per heavy atom. The van der Waals surface area contributed by atoms with Gasteiger partial charge < -0.3 is 15.5 Å². The number of carbonyl (C=O) groups is 2. The smallest absolute Gasteiger partial charge is 0.335 e. The average molecular weight is 554 g/mol. The van der Waals surface area contributed by atoms with E-state index in [1.807, 2.05) is 22.9 Å². The molecular weight excluding hydrogens is 514 g/mol. The SMILES string of the molecule is CC(C)(C)c1cc(-c2cc(-c3ccc(C(=O)O)cc3)nn2-c2ccc(C(=O)NCCCO)cc2)cc(C(C)(C)C)c1. The highest BCUT2D eigenvalue weighted by Gasteiger charge is 2.23. The van der Waals surface area contributed by atoms with Crippen LogP contribution in [0.25, 0.3) is 28.2 Å². The lowest BCUT2D eigenvalue weighted by Gasteiger charge is -2.26. The van der Waals surface area contributed by atoms with E-state index in [0.29, 0.717) is 24.2 Å². The third kappa shape index (κ3) is 6.92. The molecule has 7 nitrogen and oxygen atoms in total. The number of carbonyl (C=O) groups excluding carboxylic acids is 1. The standard InChI is InChI=1S/C34H39N3O4/c1-33(2,3)26-18-25(19-27(20-26)34(4,5)6)30-21-29(22-8-10-24(11-9-22)32(40)41)36-37(30)28-14-12-23(13-15-28)31(39)35-16-7-17-38/h8-15,18-21,38H,7,16-17H2,1-6H3,(H,35,39)(H,40,41). The molecule has 0 atom stereocenters. The molecule has 41 heavy (non-hydrogen) atoms. The molecule has 0 unspecified atom stereocenters. The number of nitrogens with one attached hydrogen (secondary N) is 1. The number of amides is 1. The number of benzene rings is 3. The minimum Gasteiger partial charge on any atom is -0.478 e. The Kier molecular flexibility index (Phi) is 8.50. The molecule has 0 fully saturated rings. The molecule has 214 valence electrons. The summed E-state index contributed by atoms with van der Waals surface area (Å²) in [4.78, 5) is 23.9. The number of carboxylic acid groups (broad SMARTS) is 1. The van der Waals surface area contributed by atoms with Crippen LogP contribution in [0.15, 0.2) is 72.8 Å². The number of aromatic carboxylic acids is 1. The Balaban J connectivity index is 1.86. The van der Waals surface area contributed by atoms with E-state index in [1.165, 1.54) is 11.1 Å². The van der Waals surface area contributed by atoms with Crippen LogP contribution in [0.1, 0.15) is 79.8 Å². The fraction of sp³-hybridized carbons (Fsp3) is 0.324. The van der Waals surface area contributed by atoms with Gasteiger partial charge in [0.2, 0.25) is 0 Å². The van der Waals surface area contributed by atoms with Crippen molar-refractivity contribution in [1.29, 1.82) is 0 Å². The zero-order valence-corrected chi connectivity index (χ0v) is 24.7. The molecule has 1 aromatic heterocycles. The van der Waals surface area contributed by atoms with Gasteiger partial charge in [-0.1, -0.05) is 59.7 Å². The fourth-order valence-electron chi connectivity index (χ4n) is 4.49. The summed E-state index contributed by atoms with van der Waals surface area (Å²) in [5.41, 5.74) is 7.25. The normalized spacial score (nSPS) is 11.9. The second-order valence-corrected chi connectivity index (χ2v) is 12.4. The minimum atomic E-state index is -0.975. The molecule has 0 aliphatic heterocycles. The summed E-state index contributed by atoms with van der Waals surface area (Å²) in [5.74, 6) is -1.17. The van der Waals surface area contributed by atoms with E-state index in [-0.39, 0.29) is 28.9 Å². The van der Waals surface area contributed by atoms with Crippen molar-refractivity contribution in [1.82, 2.24) is 15.1 Å². The predicted molar refractivity (Wildman–Crippen MR) is 163 cm³/mol. The van der Waals surface area contributed by atoms with Crippen molar-refractivity contribution in [2.75, 3.05) is 13.2 Å². The number of aliphatic hydroxyl groups is 1. The van der Waals surface area contributed by atoms with Crippen molar-refractivity contribution in [3.63, 3.8) is 0 Å². The molecule has 0 saturated heterocycles. The molecule has 3 N–H and O–H groups in total. The molecular formula is C34H39N3O4. The number of hydrogen-bond donors (Lipinski definition) is 3. The van der Waals surface area contributed by atoms with E-state index in [9.17, 15) is 14.7 Å². The lowest BCUT2D eigenvalue weighted by Crippen LogP contribution is -2.24. The highest BCUT2D eigenvalue weighted by atomic mass is 16.4. The van der Waals surface area contributed by atoms with Gasteiger partial charge in [0.15, 0.2) is 0 Å². The Morgan fingerprint density at radius 1 is 0.780 bits per heavy atom. The summed E-state index contributed by atoms with van der Waals surface area (Å²) in [6, 6.07) is 22.7. The number of aliphatic hydroxyl groups excluding tert-OH is 1. The molecule has 1 heterocycles. The first-order valence-electron chi connectivity index (χ1n) is 13.9. The molecule has 1 amide bonds. The van der Waals surface area contributed by atoms with Crippen molar-refractivity contribution in [3.05, 3.63) is 95.1 Å². The predicted octanol–water partition coefficient (Wildman–Crippen LogP) is 6.61. The quantitative estimate of drug-likeness (QED) is 0.213. The molecule has 4 aromatic rings. The number of aromatic nitrogens is 2. The number of carboxylic acids is 1. The molecule has 7 heteroatoms. The summed E-state index contributed by atoms with van der Waals surface area (Å²) in [6.07, 6.45) is 0.501. The van der Waals surface area contributed by atoms with E-state index >= 15 is 0 Å². The Morgan fingerprint density at radius 3 is 1.85 bits per heavy atom. The maximum atomic E-state index is 12.5. The third-order valence-electron chi connectivity index (χ3n) is 7.09. The van der Waals surface area contributed by atoms with Crippen molar-refractivity contribution in [2.45, 2.75) is 58.8 Å². The Labute approximate surface area is 241 Å². The van der Waals surface area contributed by atoms with Crippen LogP contribution in [0.5, 0.6) is 0 Å². The first kappa shape index (κ1) is 29.7. The maximum Gasteiger partial charge on any atom is 0.335 e. The summed E-state index contributed by atoms with van der Waals surface area (Å²) >= 11 is 0. The van der Waals surface area contributed by atoms with Gasteiger partial charge in [-0.05, 0) is 83.0 Å². The zero-order valence-electron chi connectivity index (χ0n) is 24.7. The summed E-state index contributed by atoms with van der Waals surface area (Å²) in [6.45, 7) is 13.7. The maximum absolute atomic E-state index is 12.5. The van der Waals surface area contributed by atoms with Crippen LogP contribution < -0.4 is 5.32 Å². The van der Waals surface area contributed by atoms with Gasteiger partial charge in [-0.2, -0.15) is 5.10 Å². The lowest BCUT2D eigenvalue weighted by molar-refractivity contribution is 0.0696. The Bertz CT molecular complexity index is 1500. The highest BCUT2D eigenvalue weighted by molar-refractivity contribution is 5.94. The van der Waals surface area contributed by atoms with Crippen LogP contribution in [-0.2, 0) is 10.8 Å². The van der Waals surface area contributed by atoms with Gasteiger partial charge in [0.1, 0.15) is 0 Å². The topological polar surface area (TPSA) is 104 Å². The van der Waals surface area contributed by atoms with E-state index in [4.69, 9.17) is 10.2 Å². The van der Waals surface area contributed by atoms with Gasteiger partial charge in [0.05, 0.1) is 22.6 Å². The van der Waals surface area contributed by atoms with E-state index in [1.54, 1.807) is 36.4 Å². The zero-order chi connectivity index (χ0) is 29.9. The van der Waals surface area contributed by atoms with Gasteiger partial charge in [-0.25, -0.2) is 9.48 Å². The van der Waals surface area contributed by atoms with Gasteiger partial charge in [0.25, 0.3) is 5.91 Å². The van der Waals surface area contributed by atoms with E-state index in [2.05, 4.69) is 65.1 Å². The first-order chi connectivity index (χ1) is 19.3. The van der Waals surface area contributed by atoms with Crippen LogP contribution in [0, 0.1) is 0 Å². The van der Waals surface area contributed by atoms with E-state index in [0.717, 1.165) is 22.5 Å².